The van der Waals surface area contributed by atoms with Crippen molar-refractivity contribution in [1.29, 1.82) is 0 Å². The molecule has 44 heavy (non-hydrogen) atoms. The van der Waals surface area contributed by atoms with Crippen LogP contribution >= 0.6 is 0 Å². The van der Waals surface area contributed by atoms with Crippen LogP contribution in [0.5, 0.6) is 0 Å². The van der Waals surface area contributed by atoms with Crippen LogP contribution in [0.3, 0.4) is 0 Å². The molecule has 4 heterocycles. The number of aromatic nitrogens is 2. The Bertz CT molecular complexity index is 1680. The smallest absolute Gasteiger partial charge is 0.271 e. The van der Waals surface area contributed by atoms with Gasteiger partial charge in [-0.1, -0.05) is 42.5 Å². The van der Waals surface area contributed by atoms with Gasteiger partial charge in [0.05, 0.1) is 27.2 Å². The monoisotopic (exact) mass is 592 g/mol. The summed E-state index contributed by atoms with van der Waals surface area (Å²) in [4.78, 5) is 33.6. The number of nitrogens with two attached hydrogens (primary N) is 1. The summed E-state index contributed by atoms with van der Waals surface area (Å²) in [6.07, 6.45) is 7.64. The van der Waals surface area contributed by atoms with E-state index in [2.05, 4.69) is 71.0 Å². The number of aryl methyl sites for hydroxylation is 1. The van der Waals surface area contributed by atoms with Crippen LogP contribution < -0.4 is 5.73 Å². The molecule has 1 aromatic heterocycles. The maximum atomic E-state index is 13.4. The minimum absolute atomic E-state index is 0.00745. The number of hydrogen-bond donors (Lipinski definition) is 1. The van der Waals surface area contributed by atoms with Gasteiger partial charge in [-0.15, -0.1) is 0 Å². The fraction of sp³-hybridized carbons (Fsp3) is 0.429. The number of nitrogens with zero attached hydrogens (tertiary/aromatic N) is 5. The summed E-state index contributed by atoms with van der Waals surface area (Å²) in [6.45, 7) is 4.47. The summed E-state index contributed by atoms with van der Waals surface area (Å²) in [5.41, 5.74) is 10.2. The Labute approximate surface area is 257 Å². The van der Waals surface area contributed by atoms with E-state index in [1.807, 2.05) is 4.90 Å². The van der Waals surface area contributed by atoms with Crippen molar-refractivity contribution in [3.05, 3.63) is 99.9 Å². The average Bonchev–Trinajstić information content (AvgIpc) is 3.50. The van der Waals surface area contributed by atoms with Crippen LogP contribution in [0, 0.1) is 17.0 Å². The molecule has 1 amide bonds. The van der Waals surface area contributed by atoms with Crippen LogP contribution in [-0.4, -0.2) is 61.9 Å². The van der Waals surface area contributed by atoms with Gasteiger partial charge in [0.2, 0.25) is 0 Å². The second kappa shape index (κ2) is 11.4. The number of fused-ring (bicyclic) bond motifs is 3. The van der Waals surface area contributed by atoms with E-state index >= 15 is 0 Å². The molecule has 2 N–H and O–H groups in total. The number of nitro groups is 1. The van der Waals surface area contributed by atoms with E-state index < -0.39 is 4.92 Å². The minimum Gasteiger partial charge on any atom is -0.398 e. The van der Waals surface area contributed by atoms with Gasteiger partial charge in [-0.3, -0.25) is 19.8 Å². The van der Waals surface area contributed by atoms with Gasteiger partial charge in [-0.25, -0.2) is 4.98 Å². The number of non-ortho nitro benzene ring substituents is 1. The van der Waals surface area contributed by atoms with Gasteiger partial charge in [0, 0.05) is 43.3 Å². The number of piperidine rings is 2. The molecule has 0 unspecified atom stereocenters. The SMILES string of the molecule is Cc1nc2ccccc2n1[C@H]1C[C@H]2CC[C@@H](C1)N2CCC1(c2ccccc2)CCN(C(=O)c2ccc([N+](=O)[O-])cc2N)CC1. The lowest BCUT2D eigenvalue weighted by molar-refractivity contribution is -0.384. The van der Waals surface area contributed by atoms with Crippen molar-refractivity contribution < 1.29 is 9.72 Å². The highest BCUT2D eigenvalue weighted by Crippen LogP contribution is 2.45. The van der Waals surface area contributed by atoms with Gasteiger partial charge in [-0.05, 0) is 87.6 Å². The standard InChI is InChI=1S/C35H40N6O3/c1-24-37-32-9-5-6-10-33(32)40(24)29-21-26-11-12-27(22-29)39(26)20-17-35(25-7-3-2-4-8-25)15-18-38(19-16-35)34(42)30-14-13-28(41(43)44)23-31(30)36/h2-10,13-14,23,26-27,29H,11-12,15-22,36H2,1H3/t26-,27+,29+. The van der Waals surface area contributed by atoms with E-state index in [1.165, 1.54) is 42.1 Å². The molecule has 3 aliphatic heterocycles. The molecule has 0 radical (unpaired) electrons. The predicted octanol–water partition coefficient (Wildman–Crippen LogP) is 6.27. The number of anilines is 1. The van der Waals surface area contributed by atoms with Gasteiger partial charge in [0.15, 0.2) is 0 Å². The van der Waals surface area contributed by atoms with Gasteiger partial charge < -0.3 is 15.2 Å². The minimum atomic E-state index is -0.491. The third kappa shape index (κ3) is 5.03. The van der Waals surface area contributed by atoms with E-state index in [4.69, 9.17) is 10.7 Å². The second-order valence-electron chi connectivity index (χ2n) is 13.0. The maximum absolute atomic E-state index is 13.4. The first-order valence-corrected chi connectivity index (χ1v) is 15.9. The molecule has 4 aromatic rings. The van der Waals surface area contributed by atoms with Crippen LogP contribution in [0.25, 0.3) is 11.0 Å². The summed E-state index contributed by atoms with van der Waals surface area (Å²) >= 11 is 0. The van der Waals surface area contributed by atoms with Crippen LogP contribution in [0.4, 0.5) is 11.4 Å². The fourth-order valence-electron chi connectivity index (χ4n) is 8.43. The topological polar surface area (TPSA) is 111 Å². The van der Waals surface area contributed by atoms with Crippen molar-refractivity contribution in [2.24, 2.45) is 0 Å². The Balaban J connectivity index is 1.06. The lowest BCUT2D eigenvalue weighted by atomic mass is 9.70. The maximum Gasteiger partial charge on any atom is 0.271 e. The third-order valence-electron chi connectivity index (χ3n) is 10.7. The van der Waals surface area contributed by atoms with Gasteiger partial charge in [0.25, 0.3) is 11.6 Å². The van der Waals surface area contributed by atoms with E-state index in [-0.39, 0.29) is 22.7 Å². The second-order valence-corrected chi connectivity index (χ2v) is 13.0. The number of carbonyl (C=O) groups is 1. The number of imidazole rings is 1. The number of benzene rings is 3. The summed E-state index contributed by atoms with van der Waals surface area (Å²) in [7, 11) is 0. The number of para-hydroxylation sites is 2. The molecule has 0 saturated carbocycles. The summed E-state index contributed by atoms with van der Waals surface area (Å²) in [5, 5.41) is 11.1. The Morgan fingerprint density at radius 1 is 0.977 bits per heavy atom. The zero-order chi connectivity index (χ0) is 30.4. The Kier molecular flexibility index (Phi) is 7.36. The molecule has 7 rings (SSSR count). The Morgan fingerprint density at radius 3 is 2.34 bits per heavy atom. The molecule has 228 valence electrons. The number of carbonyl (C=O) groups excluding carboxylic acids is 1. The first-order valence-electron chi connectivity index (χ1n) is 15.9. The van der Waals surface area contributed by atoms with Crippen LogP contribution in [0.1, 0.15) is 72.7 Å². The lowest BCUT2D eigenvalue weighted by Crippen LogP contribution is -2.49. The number of rotatable bonds is 7. The van der Waals surface area contributed by atoms with E-state index in [1.54, 1.807) is 0 Å². The normalized spacial score (nSPS) is 23.2. The Morgan fingerprint density at radius 2 is 1.66 bits per heavy atom. The zero-order valence-electron chi connectivity index (χ0n) is 25.3. The molecule has 3 aliphatic rings. The molecule has 0 spiro atoms. The number of nitrogen functional groups attached to an aromatic ring is 1. The molecule has 3 atom stereocenters. The number of likely N-dealkylation sites (tertiary alicyclic amines) is 1. The molecular formula is C35H40N6O3. The van der Waals surface area contributed by atoms with E-state index in [9.17, 15) is 14.9 Å². The van der Waals surface area contributed by atoms with Gasteiger partial charge >= 0.3 is 0 Å². The molecule has 0 aliphatic carbocycles. The molecule has 9 heteroatoms. The van der Waals surface area contributed by atoms with Crippen LogP contribution in [-0.2, 0) is 5.41 Å². The molecule has 3 saturated heterocycles. The third-order valence-corrected chi connectivity index (χ3v) is 10.7. The fourth-order valence-corrected chi connectivity index (χ4v) is 8.43. The molecular weight excluding hydrogens is 552 g/mol. The van der Waals surface area contributed by atoms with Gasteiger partial charge in [0.1, 0.15) is 5.82 Å². The molecule has 3 fully saturated rings. The molecule has 9 nitrogen and oxygen atoms in total. The van der Waals surface area contributed by atoms with Gasteiger partial charge in [-0.2, -0.15) is 0 Å². The molecule has 2 bridgehead atoms. The zero-order valence-corrected chi connectivity index (χ0v) is 25.3. The number of amides is 1. The van der Waals surface area contributed by atoms with Crippen molar-refractivity contribution in [2.45, 2.75) is 75.4 Å². The summed E-state index contributed by atoms with van der Waals surface area (Å²) in [6, 6.07) is 25.1. The first-order chi connectivity index (χ1) is 21.3. The van der Waals surface area contributed by atoms with Crippen molar-refractivity contribution in [2.75, 3.05) is 25.4 Å². The van der Waals surface area contributed by atoms with E-state index in [0.717, 1.165) is 50.0 Å². The van der Waals surface area contributed by atoms with Crippen LogP contribution in [0.2, 0.25) is 0 Å². The van der Waals surface area contributed by atoms with Crippen molar-refractivity contribution in [1.82, 2.24) is 19.4 Å². The quantitative estimate of drug-likeness (QED) is 0.154. The average molecular weight is 593 g/mol. The number of nitro benzene ring substituents is 1. The first kappa shape index (κ1) is 28.5. The molecule has 3 aromatic carbocycles. The number of hydrogen-bond acceptors (Lipinski definition) is 6. The van der Waals surface area contributed by atoms with Crippen molar-refractivity contribution >= 4 is 28.3 Å². The summed E-state index contributed by atoms with van der Waals surface area (Å²) in [5.74, 6) is 0.963. The largest absolute Gasteiger partial charge is 0.398 e. The van der Waals surface area contributed by atoms with Crippen molar-refractivity contribution in [3.8, 4) is 0 Å². The van der Waals surface area contributed by atoms with Crippen LogP contribution in [0.15, 0.2) is 72.8 Å². The predicted molar refractivity (Wildman–Crippen MR) is 172 cm³/mol. The Hall–Kier alpha value is -4.24. The summed E-state index contributed by atoms with van der Waals surface area (Å²) < 4.78 is 2.49. The highest BCUT2D eigenvalue weighted by atomic mass is 16.6. The lowest BCUT2D eigenvalue weighted by Gasteiger charge is -2.45. The van der Waals surface area contributed by atoms with Crippen molar-refractivity contribution in [3.63, 3.8) is 0 Å². The van der Waals surface area contributed by atoms with E-state index in [0.29, 0.717) is 36.8 Å². The highest BCUT2D eigenvalue weighted by molar-refractivity contribution is 5.99. The highest BCUT2D eigenvalue weighted by Gasteiger charge is 2.44.